The van der Waals surface area contributed by atoms with Crippen molar-refractivity contribution >= 4 is 55.3 Å². The highest BCUT2D eigenvalue weighted by atomic mass is 79.9. The summed E-state index contributed by atoms with van der Waals surface area (Å²) in [5, 5.41) is 2.74. The highest BCUT2D eigenvalue weighted by molar-refractivity contribution is 9.10. The molecule has 0 fully saturated rings. The van der Waals surface area contributed by atoms with Gasteiger partial charge in [-0.1, -0.05) is 45.7 Å². The third-order valence-electron chi connectivity index (χ3n) is 3.00. The molecule has 0 saturated heterocycles. The van der Waals surface area contributed by atoms with Crippen LogP contribution in [0.5, 0.6) is 0 Å². The summed E-state index contributed by atoms with van der Waals surface area (Å²) in [4.78, 5) is 34.6. The Hall–Kier alpha value is -1.41. The molecule has 0 aromatic heterocycles. The Bertz CT molecular complexity index is 564. The van der Waals surface area contributed by atoms with Crippen LogP contribution in [0.1, 0.15) is 37.0 Å². The van der Waals surface area contributed by atoms with Crippen LogP contribution >= 0.6 is 31.9 Å². The second-order valence-corrected chi connectivity index (χ2v) is 6.97. The Balaban J connectivity index is 2.57. The van der Waals surface area contributed by atoms with E-state index in [2.05, 4.69) is 48.0 Å². The van der Waals surface area contributed by atoms with Crippen molar-refractivity contribution in [3.63, 3.8) is 0 Å². The van der Waals surface area contributed by atoms with E-state index < -0.39 is 5.91 Å². The summed E-state index contributed by atoms with van der Waals surface area (Å²) in [5.74, 6) is -0.883. The number of nitrogens with one attached hydrogen (secondary N) is 3. The van der Waals surface area contributed by atoms with E-state index in [1.165, 1.54) is 0 Å². The summed E-state index contributed by atoms with van der Waals surface area (Å²) in [6.07, 6.45) is 1.29. The first kappa shape index (κ1) is 19.6. The first-order chi connectivity index (χ1) is 10.9. The predicted octanol–water partition coefficient (Wildman–Crippen LogP) is 2.73. The Labute approximate surface area is 152 Å². The van der Waals surface area contributed by atoms with Gasteiger partial charge in [0.05, 0.1) is 9.65 Å². The van der Waals surface area contributed by atoms with E-state index >= 15 is 0 Å². The third kappa shape index (κ3) is 6.31. The van der Waals surface area contributed by atoms with Gasteiger partial charge in [-0.05, 0) is 37.1 Å². The molecule has 1 aromatic rings. The van der Waals surface area contributed by atoms with Gasteiger partial charge in [0.25, 0.3) is 11.8 Å². The van der Waals surface area contributed by atoms with Crippen molar-refractivity contribution in [2.24, 2.45) is 0 Å². The molecule has 8 heteroatoms. The molecule has 0 aliphatic heterocycles. The molecular weight excluding hydrogens is 430 g/mol. The fourth-order valence-electron chi connectivity index (χ4n) is 1.57. The molecule has 0 aliphatic carbocycles. The average Bonchev–Trinajstić information content (AvgIpc) is 2.58. The molecule has 0 bridgehead atoms. The number of carbonyl (C=O) groups excluding carboxylic acids is 3. The molecule has 2 unspecified atom stereocenters. The highest BCUT2D eigenvalue weighted by Crippen LogP contribution is 2.13. The van der Waals surface area contributed by atoms with Gasteiger partial charge in [0.1, 0.15) is 0 Å². The van der Waals surface area contributed by atoms with Crippen molar-refractivity contribution in [3.05, 3.63) is 29.8 Å². The van der Waals surface area contributed by atoms with Gasteiger partial charge >= 0.3 is 0 Å². The number of anilines is 1. The Morgan fingerprint density at radius 2 is 1.43 bits per heavy atom. The zero-order valence-corrected chi connectivity index (χ0v) is 16.0. The smallest absolute Gasteiger partial charge is 0.269 e. The topological polar surface area (TPSA) is 87.3 Å². The molecular formula is C15H19Br2N3O3. The van der Waals surface area contributed by atoms with Gasteiger partial charge in [-0.3, -0.25) is 25.2 Å². The number of hydrazine groups is 1. The van der Waals surface area contributed by atoms with Gasteiger partial charge in [0.15, 0.2) is 0 Å². The number of hydrogen-bond acceptors (Lipinski definition) is 3. The van der Waals surface area contributed by atoms with Crippen LogP contribution in [-0.2, 0) is 9.59 Å². The highest BCUT2D eigenvalue weighted by Gasteiger charge is 2.14. The van der Waals surface area contributed by atoms with Crippen LogP contribution in [0, 0.1) is 0 Å². The minimum atomic E-state index is -0.432. The number of halogens is 2. The zero-order valence-electron chi connectivity index (χ0n) is 12.9. The predicted molar refractivity (Wildman–Crippen MR) is 96.7 cm³/mol. The van der Waals surface area contributed by atoms with Crippen molar-refractivity contribution in [1.82, 2.24) is 10.9 Å². The molecule has 3 N–H and O–H groups in total. The van der Waals surface area contributed by atoms with E-state index in [0.29, 0.717) is 24.1 Å². The molecule has 0 spiro atoms. The van der Waals surface area contributed by atoms with Crippen LogP contribution in [0.2, 0.25) is 0 Å². The summed E-state index contributed by atoms with van der Waals surface area (Å²) in [6.45, 7) is 3.75. The molecule has 1 aromatic carbocycles. The molecule has 2 atom stereocenters. The van der Waals surface area contributed by atoms with Crippen LogP contribution in [0.3, 0.4) is 0 Å². The normalized spacial score (nSPS) is 12.9. The van der Waals surface area contributed by atoms with E-state index in [0.717, 1.165) is 0 Å². The Morgan fingerprint density at radius 3 is 1.96 bits per heavy atom. The SMILES string of the molecule is CCC(Br)C(=O)NNC(=O)c1ccc(NC(=O)C(Br)CC)cc1. The van der Waals surface area contributed by atoms with Crippen LogP contribution in [0.25, 0.3) is 0 Å². The second kappa shape index (κ2) is 9.67. The fourth-order valence-corrected chi connectivity index (χ4v) is 1.79. The lowest BCUT2D eigenvalue weighted by atomic mass is 10.2. The lowest BCUT2D eigenvalue weighted by Gasteiger charge is -2.11. The third-order valence-corrected chi connectivity index (χ3v) is 5.13. The van der Waals surface area contributed by atoms with Crippen LogP contribution < -0.4 is 16.2 Å². The largest absolute Gasteiger partial charge is 0.325 e. The quantitative estimate of drug-likeness (QED) is 0.461. The Kier molecular flexibility index (Phi) is 8.25. The van der Waals surface area contributed by atoms with Crippen LogP contribution in [0.4, 0.5) is 5.69 Å². The minimum Gasteiger partial charge on any atom is -0.325 e. The molecule has 1 rings (SSSR count). The van der Waals surface area contributed by atoms with E-state index in [1.54, 1.807) is 24.3 Å². The lowest BCUT2D eigenvalue weighted by Crippen LogP contribution is -2.44. The first-order valence-electron chi connectivity index (χ1n) is 7.18. The molecule has 6 nitrogen and oxygen atoms in total. The van der Waals surface area contributed by atoms with Crippen molar-refractivity contribution in [3.8, 4) is 0 Å². The van der Waals surface area contributed by atoms with E-state index in [1.807, 2.05) is 13.8 Å². The molecule has 126 valence electrons. The summed E-state index contributed by atoms with van der Waals surface area (Å²) in [7, 11) is 0. The van der Waals surface area contributed by atoms with Crippen molar-refractivity contribution in [2.45, 2.75) is 36.3 Å². The lowest BCUT2D eigenvalue weighted by molar-refractivity contribution is -0.121. The van der Waals surface area contributed by atoms with Crippen LogP contribution in [0.15, 0.2) is 24.3 Å². The molecule has 0 radical (unpaired) electrons. The Morgan fingerprint density at radius 1 is 0.913 bits per heavy atom. The van der Waals surface area contributed by atoms with Gasteiger partial charge < -0.3 is 5.32 Å². The summed E-state index contributed by atoms with van der Waals surface area (Å²) in [6, 6.07) is 6.39. The first-order valence-corrected chi connectivity index (χ1v) is 9.01. The van der Waals surface area contributed by atoms with Crippen LogP contribution in [-0.4, -0.2) is 27.4 Å². The number of carbonyl (C=O) groups is 3. The maximum atomic E-state index is 11.9. The van der Waals surface area contributed by atoms with E-state index in [9.17, 15) is 14.4 Å². The standard InChI is InChI=1S/C15H19Br2N3O3/c1-3-11(16)14(22)18-10-7-5-9(6-8-10)13(21)19-20-15(23)12(17)4-2/h5-8,11-12H,3-4H2,1-2H3,(H,18,22)(H,19,21)(H,20,23). The fraction of sp³-hybridized carbons (Fsp3) is 0.400. The maximum absolute atomic E-state index is 11.9. The summed E-state index contributed by atoms with van der Waals surface area (Å²) in [5.41, 5.74) is 5.65. The second-order valence-electron chi connectivity index (χ2n) is 4.76. The molecule has 23 heavy (non-hydrogen) atoms. The van der Waals surface area contributed by atoms with Gasteiger partial charge in [-0.25, -0.2) is 0 Å². The van der Waals surface area contributed by atoms with E-state index in [-0.39, 0.29) is 21.5 Å². The number of rotatable bonds is 6. The average molecular weight is 449 g/mol. The number of alkyl halides is 2. The molecule has 0 heterocycles. The van der Waals surface area contributed by atoms with Crippen molar-refractivity contribution in [2.75, 3.05) is 5.32 Å². The maximum Gasteiger partial charge on any atom is 0.269 e. The van der Waals surface area contributed by atoms with Gasteiger partial charge in [0.2, 0.25) is 5.91 Å². The summed E-state index contributed by atoms with van der Waals surface area (Å²) >= 11 is 6.46. The van der Waals surface area contributed by atoms with Gasteiger partial charge in [0, 0.05) is 11.3 Å². The number of benzene rings is 1. The molecule has 0 aliphatic rings. The van der Waals surface area contributed by atoms with Crippen molar-refractivity contribution < 1.29 is 14.4 Å². The monoisotopic (exact) mass is 447 g/mol. The van der Waals surface area contributed by atoms with E-state index in [4.69, 9.17) is 0 Å². The minimum absolute atomic E-state index is 0.139. The zero-order chi connectivity index (χ0) is 17.4. The number of hydrogen-bond donors (Lipinski definition) is 3. The molecule has 0 saturated carbocycles. The molecule has 3 amide bonds. The van der Waals surface area contributed by atoms with Crippen molar-refractivity contribution in [1.29, 1.82) is 0 Å². The van der Waals surface area contributed by atoms with Gasteiger partial charge in [-0.2, -0.15) is 0 Å². The number of amides is 3. The summed E-state index contributed by atoms with van der Waals surface area (Å²) < 4.78 is 0. The van der Waals surface area contributed by atoms with Gasteiger partial charge in [-0.15, -0.1) is 0 Å².